The van der Waals surface area contributed by atoms with Crippen LogP contribution in [0.2, 0.25) is 0 Å². The predicted octanol–water partition coefficient (Wildman–Crippen LogP) is 4.12. The van der Waals surface area contributed by atoms with Gasteiger partial charge in [0.15, 0.2) is 0 Å². The van der Waals surface area contributed by atoms with Gasteiger partial charge in [0.05, 0.1) is 12.0 Å². The van der Waals surface area contributed by atoms with Crippen molar-refractivity contribution in [2.24, 2.45) is 11.8 Å². The van der Waals surface area contributed by atoms with Gasteiger partial charge in [-0.1, -0.05) is 0 Å². The highest BCUT2D eigenvalue weighted by molar-refractivity contribution is 9.10. The molecule has 2 rings (SSSR count). The van der Waals surface area contributed by atoms with Crippen LogP contribution in [-0.4, -0.2) is 22.4 Å². The third kappa shape index (κ3) is 4.19. The molecule has 0 radical (unpaired) electrons. The first-order valence-corrected chi connectivity index (χ1v) is 7.50. The van der Waals surface area contributed by atoms with Gasteiger partial charge in [0.25, 0.3) is 0 Å². The number of hydrogen-bond acceptors (Lipinski definition) is 2. The molecule has 0 spiro atoms. The van der Waals surface area contributed by atoms with Crippen molar-refractivity contribution in [3.05, 3.63) is 28.5 Å². The maximum Gasteiger partial charge on any atom is 0.391 e. The average molecular weight is 352 g/mol. The third-order valence-corrected chi connectivity index (χ3v) is 4.42. The molecule has 20 heavy (non-hydrogen) atoms. The minimum atomic E-state index is -4.09. The van der Waals surface area contributed by atoms with Gasteiger partial charge >= 0.3 is 6.18 Å². The molecule has 0 aliphatic heterocycles. The molecule has 1 aromatic heterocycles. The van der Waals surface area contributed by atoms with Crippen molar-refractivity contribution < 1.29 is 18.3 Å². The molecule has 6 heteroatoms. The number of nitrogens with zero attached hydrogens (tertiary/aromatic N) is 1. The first-order chi connectivity index (χ1) is 9.36. The molecule has 1 saturated carbocycles. The fraction of sp³-hybridized carbons (Fsp3) is 0.643. The highest BCUT2D eigenvalue weighted by Gasteiger charge is 2.42. The van der Waals surface area contributed by atoms with Gasteiger partial charge in [0, 0.05) is 23.3 Å². The number of hydrogen-bond donors (Lipinski definition) is 1. The fourth-order valence-electron chi connectivity index (χ4n) is 2.81. The number of rotatable bonds is 3. The molecule has 1 aliphatic carbocycles. The van der Waals surface area contributed by atoms with Crippen molar-refractivity contribution in [1.82, 2.24) is 4.98 Å². The van der Waals surface area contributed by atoms with E-state index in [0.29, 0.717) is 19.3 Å². The third-order valence-electron chi connectivity index (χ3n) is 3.99. The zero-order valence-corrected chi connectivity index (χ0v) is 12.5. The highest BCUT2D eigenvalue weighted by Crippen LogP contribution is 2.40. The van der Waals surface area contributed by atoms with E-state index in [-0.39, 0.29) is 18.8 Å². The number of alkyl halides is 3. The Morgan fingerprint density at radius 2 is 1.90 bits per heavy atom. The molecule has 0 amide bonds. The zero-order chi connectivity index (χ0) is 14.8. The van der Waals surface area contributed by atoms with Crippen molar-refractivity contribution in [3.63, 3.8) is 0 Å². The minimum absolute atomic E-state index is 0.0485. The van der Waals surface area contributed by atoms with Crippen LogP contribution in [0.15, 0.2) is 22.9 Å². The smallest absolute Gasteiger partial charge is 0.391 e. The van der Waals surface area contributed by atoms with Crippen LogP contribution in [0.25, 0.3) is 0 Å². The lowest BCUT2D eigenvalue weighted by molar-refractivity contribution is -0.185. The van der Waals surface area contributed by atoms with Crippen molar-refractivity contribution in [3.8, 4) is 0 Å². The van der Waals surface area contributed by atoms with Gasteiger partial charge in [0.2, 0.25) is 0 Å². The molecule has 1 aromatic rings. The topological polar surface area (TPSA) is 33.1 Å². The van der Waals surface area contributed by atoms with Crippen molar-refractivity contribution in [1.29, 1.82) is 0 Å². The number of halogens is 4. The van der Waals surface area contributed by atoms with Crippen LogP contribution in [0.3, 0.4) is 0 Å². The molecule has 0 saturated heterocycles. The molecule has 1 heterocycles. The standard InChI is InChI=1S/C14H17BrF3NO/c15-12-5-9(7-19-8-12)6-13(20)10-1-3-11(4-2-10)14(16,17)18/h5,7-8,10-11,13,20H,1-4,6H2. The Morgan fingerprint density at radius 3 is 2.45 bits per heavy atom. The Hall–Kier alpha value is -0.620. The Bertz CT molecular complexity index is 444. The Balaban J connectivity index is 1.87. The first kappa shape index (κ1) is 15.8. The summed E-state index contributed by atoms with van der Waals surface area (Å²) in [5.41, 5.74) is 0.893. The number of aliphatic hydroxyl groups is 1. The van der Waals surface area contributed by atoms with Crippen LogP contribution in [0, 0.1) is 11.8 Å². The van der Waals surface area contributed by atoms with Gasteiger partial charge in [-0.15, -0.1) is 0 Å². The maximum atomic E-state index is 12.6. The van der Waals surface area contributed by atoms with E-state index in [1.807, 2.05) is 6.07 Å². The van der Waals surface area contributed by atoms with E-state index >= 15 is 0 Å². The number of aromatic nitrogens is 1. The van der Waals surface area contributed by atoms with Gasteiger partial charge in [-0.3, -0.25) is 4.98 Å². The van der Waals surface area contributed by atoms with Crippen LogP contribution >= 0.6 is 15.9 Å². The summed E-state index contributed by atoms with van der Waals surface area (Å²) in [5.74, 6) is -1.24. The second kappa shape index (κ2) is 6.43. The van der Waals surface area contributed by atoms with Crippen molar-refractivity contribution >= 4 is 15.9 Å². The van der Waals surface area contributed by atoms with Crippen LogP contribution in [0.1, 0.15) is 31.2 Å². The average Bonchev–Trinajstić information content (AvgIpc) is 2.38. The van der Waals surface area contributed by atoms with Crippen LogP contribution in [0.4, 0.5) is 13.2 Å². The summed E-state index contributed by atoms with van der Waals surface area (Å²) in [6.07, 6.45) is 0.210. The fourth-order valence-corrected chi connectivity index (χ4v) is 3.22. The predicted molar refractivity (Wildman–Crippen MR) is 73.2 cm³/mol. The van der Waals surface area contributed by atoms with Crippen molar-refractivity contribution in [2.45, 2.75) is 44.4 Å². The normalized spacial score (nSPS) is 25.4. The van der Waals surface area contributed by atoms with E-state index < -0.39 is 18.2 Å². The van der Waals surface area contributed by atoms with Gasteiger partial charge in [-0.25, -0.2) is 0 Å². The Kier molecular flexibility index (Phi) is 5.07. The molecular weight excluding hydrogens is 335 g/mol. The van der Waals surface area contributed by atoms with E-state index in [4.69, 9.17) is 0 Å². The Morgan fingerprint density at radius 1 is 1.25 bits per heavy atom. The zero-order valence-electron chi connectivity index (χ0n) is 10.9. The number of aliphatic hydroxyl groups excluding tert-OH is 1. The van der Waals surface area contributed by atoms with E-state index in [2.05, 4.69) is 20.9 Å². The second-order valence-corrected chi connectivity index (χ2v) is 6.35. The van der Waals surface area contributed by atoms with E-state index in [1.165, 1.54) is 0 Å². The van der Waals surface area contributed by atoms with Crippen LogP contribution < -0.4 is 0 Å². The molecule has 1 N–H and O–H groups in total. The highest BCUT2D eigenvalue weighted by atomic mass is 79.9. The van der Waals surface area contributed by atoms with E-state index in [0.717, 1.165) is 10.0 Å². The number of pyridine rings is 1. The lowest BCUT2D eigenvalue weighted by atomic mass is 9.78. The summed E-state index contributed by atoms with van der Waals surface area (Å²) in [6, 6.07) is 1.87. The molecule has 0 bridgehead atoms. The first-order valence-electron chi connectivity index (χ1n) is 6.70. The van der Waals surface area contributed by atoms with Gasteiger partial charge in [-0.2, -0.15) is 13.2 Å². The SMILES string of the molecule is OC(Cc1cncc(Br)c1)C1CCC(C(F)(F)F)CC1. The molecular formula is C14H17BrF3NO. The lowest BCUT2D eigenvalue weighted by Crippen LogP contribution is -2.32. The molecule has 1 fully saturated rings. The quantitative estimate of drug-likeness (QED) is 0.888. The van der Waals surface area contributed by atoms with E-state index in [9.17, 15) is 18.3 Å². The monoisotopic (exact) mass is 351 g/mol. The summed E-state index contributed by atoms with van der Waals surface area (Å²) in [7, 11) is 0. The summed E-state index contributed by atoms with van der Waals surface area (Å²) < 4.78 is 38.6. The molecule has 0 aromatic carbocycles. The summed E-state index contributed by atoms with van der Waals surface area (Å²) >= 11 is 3.31. The minimum Gasteiger partial charge on any atom is -0.392 e. The van der Waals surface area contributed by atoms with Gasteiger partial charge < -0.3 is 5.11 Å². The summed E-state index contributed by atoms with van der Waals surface area (Å²) in [5, 5.41) is 10.2. The summed E-state index contributed by atoms with van der Waals surface area (Å²) in [4.78, 5) is 4.02. The van der Waals surface area contributed by atoms with Crippen molar-refractivity contribution in [2.75, 3.05) is 0 Å². The van der Waals surface area contributed by atoms with Crippen LogP contribution in [-0.2, 0) is 6.42 Å². The Labute approximate surface area is 124 Å². The van der Waals surface area contributed by atoms with Gasteiger partial charge in [0.1, 0.15) is 0 Å². The molecule has 1 unspecified atom stereocenters. The second-order valence-electron chi connectivity index (χ2n) is 5.44. The molecule has 112 valence electrons. The lowest BCUT2D eigenvalue weighted by Gasteiger charge is -2.32. The van der Waals surface area contributed by atoms with Crippen LogP contribution in [0.5, 0.6) is 0 Å². The molecule has 1 atom stereocenters. The largest absolute Gasteiger partial charge is 0.392 e. The molecule has 2 nitrogen and oxygen atoms in total. The summed E-state index contributed by atoms with van der Waals surface area (Å²) in [6.45, 7) is 0. The van der Waals surface area contributed by atoms with E-state index in [1.54, 1.807) is 12.4 Å². The molecule has 1 aliphatic rings. The van der Waals surface area contributed by atoms with Gasteiger partial charge in [-0.05, 0) is 59.2 Å². The maximum absolute atomic E-state index is 12.6.